The van der Waals surface area contributed by atoms with Gasteiger partial charge in [-0.3, -0.25) is 9.59 Å². The second kappa shape index (κ2) is 5.91. The smallest absolute Gasteiger partial charge is 0.199 e. The number of rotatable bonds is 4. The van der Waals surface area contributed by atoms with E-state index < -0.39 is 8.07 Å². The van der Waals surface area contributed by atoms with Crippen LogP contribution in [-0.4, -0.2) is 31.3 Å². The third-order valence-electron chi connectivity index (χ3n) is 2.90. The van der Waals surface area contributed by atoms with Crippen molar-refractivity contribution in [3.05, 3.63) is 45.2 Å². The summed E-state index contributed by atoms with van der Waals surface area (Å²) >= 11 is 3.18. The molecule has 0 heterocycles. The molecule has 0 saturated heterocycles. The summed E-state index contributed by atoms with van der Waals surface area (Å²) in [5.41, 5.74) is 1.47. The predicted molar refractivity (Wildman–Crippen MR) is 91.4 cm³/mol. The Morgan fingerprint density at radius 2 is 1.55 bits per heavy atom. The molecule has 1 aliphatic rings. The molecular formula is C15H18O2S2Si. The number of hydrogen-bond donors (Lipinski definition) is 0. The van der Waals surface area contributed by atoms with Crippen LogP contribution in [0.15, 0.2) is 34.1 Å². The van der Waals surface area contributed by atoms with Gasteiger partial charge in [-0.2, -0.15) is 0 Å². The van der Waals surface area contributed by atoms with E-state index in [9.17, 15) is 9.59 Å². The molecule has 5 heteroatoms. The third kappa shape index (κ3) is 3.10. The lowest BCUT2D eigenvalue weighted by Crippen LogP contribution is -2.24. The lowest BCUT2D eigenvalue weighted by Gasteiger charge is -2.16. The summed E-state index contributed by atoms with van der Waals surface area (Å²) in [6.07, 6.45) is 1.93. The van der Waals surface area contributed by atoms with Crippen LogP contribution in [0, 0.1) is 0 Å². The Morgan fingerprint density at radius 3 is 1.95 bits per heavy atom. The maximum Gasteiger partial charge on any atom is 0.199 e. The summed E-state index contributed by atoms with van der Waals surface area (Å²) in [6, 6.07) is 7.09. The summed E-state index contributed by atoms with van der Waals surface area (Å²) in [5.74, 6) is -0.226. The summed E-state index contributed by atoms with van der Waals surface area (Å²) in [4.78, 5) is 24.9. The fourth-order valence-corrected chi connectivity index (χ4v) is 5.93. The van der Waals surface area contributed by atoms with Crippen LogP contribution in [0.4, 0.5) is 0 Å². The molecule has 0 fully saturated rings. The standard InChI is InChI=1S/C15H18O2S2Si/c1-18-15(19-9-20(2,3)4)12-13(16)10-7-5-6-8-11(10)14(12)17/h5-8H,9H2,1-4H3. The van der Waals surface area contributed by atoms with Crippen LogP contribution in [0.25, 0.3) is 0 Å². The van der Waals surface area contributed by atoms with E-state index >= 15 is 0 Å². The van der Waals surface area contributed by atoms with Crippen molar-refractivity contribution in [2.75, 3.05) is 11.6 Å². The second-order valence-corrected chi connectivity index (χ2v) is 14.0. The minimum Gasteiger partial charge on any atom is -0.288 e. The summed E-state index contributed by atoms with van der Waals surface area (Å²) in [5, 5.41) is 1.02. The maximum atomic E-state index is 12.4. The monoisotopic (exact) mass is 322 g/mol. The minimum absolute atomic E-state index is 0.113. The molecule has 0 N–H and O–H groups in total. The van der Waals surface area contributed by atoms with Crippen LogP contribution in [0.2, 0.25) is 19.6 Å². The number of hydrogen-bond acceptors (Lipinski definition) is 4. The van der Waals surface area contributed by atoms with Crippen LogP contribution in [0.1, 0.15) is 20.7 Å². The van der Waals surface area contributed by atoms with E-state index in [-0.39, 0.29) is 11.6 Å². The third-order valence-corrected chi connectivity index (χ3v) is 8.83. The molecule has 0 saturated carbocycles. The van der Waals surface area contributed by atoms with Gasteiger partial charge in [0.15, 0.2) is 11.6 Å². The number of ketones is 2. The van der Waals surface area contributed by atoms with Crippen molar-refractivity contribution >= 4 is 43.2 Å². The van der Waals surface area contributed by atoms with Gasteiger partial charge < -0.3 is 0 Å². The van der Waals surface area contributed by atoms with Crippen molar-refractivity contribution in [3.63, 3.8) is 0 Å². The molecule has 0 radical (unpaired) electrons. The minimum atomic E-state index is -1.22. The lowest BCUT2D eigenvalue weighted by atomic mass is 10.1. The van der Waals surface area contributed by atoms with Gasteiger partial charge in [-0.25, -0.2) is 0 Å². The van der Waals surface area contributed by atoms with Gasteiger partial charge in [0.05, 0.1) is 17.9 Å². The highest BCUT2D eigenvalue weighted by Gasteiger charge is 2.35. The van der Waals surface area contributed by atoms with E-state index in [4.69, 9.17) is 0 Å². The van der Waals surface area contributed by atoms with Crippen molar-refractivity contribution < 1.29 is 9.59 Å². The number of Topliss-reactive ketones (excluding diaryl/α,β-unsaturated/α-hetero) is 2. The first-order valence-electron chi connectivity index (χ1n) is 6.44. The molecule has 0 amide bonds. The Labute approximate surface area is 129 Å². The van der Waals surface area contributed by atoms with E-state index in [0.29, 0.717) is 16.7 Å². The lowest BCUT2D eigenvalue weighted by molar-refractivity contribution is 0.0989. The molecule has 1 aromatic rings. The van der Waals surface area contributed by atoms with E-state index in [0.717, 1.165) is 9.61 Å². The molecule has 1 aromatic carbocycles. The highest BCUT2D eigenvalue weighted by Crippen LogP contribution is 2.38. The Morgan fingerprint density at radius 1 is 1.05 bits per heavy atom. The van der Waals surface area contributed by atoms with Gasteiger partial charge >= 0.3 is 0 Å². The van der Waals surface area contributed by atoms with Gasteiger partial charge in [0, 0.05) is 11.1 Å². The van der Waals surface area contributed by atoms with Crippen LogP contribution < -0.4 is 0 Å². The van der Waals surface area contributed by atoms with Crippen LogP contribution in [0.5, 0.6) is 0 Å². The predicted octanol–water partition coefficient (Wildman–Crippen LogP) is 4.25. The Balaban J connectivity index is 2.38. The first-order chi connectivity index (χ1) is 9.35. The number of benzene rings is 1. The Bertz CT molecular complexity index is 563. The molecule has 0 bridgehead atoms. The largest absolute Gasteiger partial charge is 0.288 e. The van der Waals surface area contributed by atoms with Gasteiger partial charge in [0.1, 0.15) is 0 Å². The fourth-order valence-electron chi connectivity index (χ4n) is 1.95. The number of carbonyl (C=O) groups excluding carboxylic acids is 2. The van der Waals surface area contributed by atoms with Gasteiger partial charge in [0.2, 0.25) is 0 Å². The topological polar surface area (TPSA) is 34.1 Å². The molecule has 0 spiro atoms. The van der Waals surface area contributed by atoms with E-state index in [1.165, 1.54) is 11.8 Å². The average molecular weight is 323 g/mol. The van der Waals surface area contributed by atoms with E-state index in [1.54, 1.807) is 36.0 Å². The van der Waals surface area contributed by atoms with Crippen molar-refractivity contribution in [1.29, 1.82) is 0 Å². The first kappa shape index (κ1) is 15.6. The van der Waals surface area contributed by atoms with Crippen molar-refractivity contribution in [2.24, 2.45) is 0 Å². The highest BCUT2D eigenvalue weighted by molar-refractivity contribution is 8.22. The summed E-state index contributed by atoms with van der Waals surface area (Å²) < 4.78 is 0.874. The molecule has 0 aromatic heterocycles. The van der Waals surface area contributed by atoms with Crippen molar-refractivity contribution in [3.8, 4) is 0 Å². The van der Waals surface area contributed by atoms with Gasteiger partial charge in [-0.15, -0.1) is 23.5 Å². The number of allylic oxidation sites excluding steroid dienone is 1. The molecule has 0 atom stereocenters. The highest BCUT2D eigenvalue weighted by atomic mass is 32.2. The van der Waals surface area contributed by atoms with Gasteiger partial charge in [-0.05, 0) is 11.6 Å². The zero-order valence-corrected chi connectivity index (χ0v) is 14.8. The van der Waals surface area contributed by atoms with Crippen molar-refractivity contribution in [2.45, 2.75) is 19.6 Å². The van der Waals surface area contributed by atoms with Crippen molar-refractivity contribution in [1.82, 2.24) is 0 Å². The molecule has 106 valence electrons. The van der Waals surface area contributed by atoms with E-state index in [2.05, 4.69) is 19.6 Å². The molecule has 0 aliphatic heterocycles. The van der Waals surface area contributed by atoms with Gasteiger partial charge in [-0.1, -0.05) is 43.9 Å². The number of carbonyl (C=O) groups is 2. The zero-order valence-electron chi connectivity index (χ0n) is 12.1. The fraction of sp³-hybridized carbons (Fsp3) is 0.333. The molecule has 0 unspecified atom stereocenters. The van der Waals surface area contributed by atoms with E-state index in [1.807, 2.05) is 6.26 Å². The number of thioether (sulfide) groups is 2. The van der Waals surface area contributed by atoms with Crippen LogP contribution >= 0.6 is 23.5 Å². The van der Waals surface area contributed by atoms with Gasteiger partial charge in [0.25, 0.3) is 0 Å². The first-order valence-corrected chi connectivity index (χ1v) is 12.4. The summed E-state index contributed by atoms with van der Waals surface area (Å²) in [6.45, 7) is 6.86. The van der Waals surface area contributed by atoms with Crippen LogP contribution in [0.3, 0.4) is 0 Å². The molecule has 2 rings (SSSR count). The molecule has 2 nitrogen and oxygen atoms in total. The molecular weight excluding hydrogens is 304 g/mol. The normalized spacial score (nSPS) is 14.7. The Kier molecular flexibility index (Phi) is 4.61. The number of fused-ring (bicyclic) bond motifs is 1. The second-order valence-electron chi connectivity index (χ2n) is 5.92. The average Bonchev–Trinajstić information content (AvgIpc) is 2.64. The summed E-state index contributed by atoms with van der Waals surface area (Å²) in [7, 11) is -1.22. The zero-order chi connectivity index (χ0) is 14.9. The molecule has 1 aliphatic carbocycles. The maximum absolute atomic E-state index is 12.4. The van der Waals surface area contributed by atoms with Crippen LogP contribution in [-0.2, 0) is 0 Å². The Hall–Kier alpha value is -0.783. The SMILES string of the molecule is CSC(SC[Si](C)(C)C)=C1C(=O)c2ccccc2C1=O. The molecule has 20 heavy (non-hydrogen) atoms. The quantitative estimate of drug-likeness (QED) is 0.471.